The minimum absolute atomic E-state index is 0.176. The molecule has 0 aliphatic carbocycles. The maximum atomic E-state index is 13.3. The minimum atomic E-state index is -3.86. The third kappa shape index (κ3) is 5.83. The molecule has 6 nitrogen and oxygen atoms in total. The zero-order valence-electron chi connectivity index (χ0n) is 17.8. The van der Waals surface area contributed by atoms with E-state index in [0.29, 0.717) is 12.2 Å². The van der Waals surface area contributed by atoms with Gasteiger partial charge in [-0.25, -0.2) is 8.42 Å². The lowest BCUT2D eigenvalue weighted by Gasteiger charge is -2.24. The van der Waals surface area contributed by atoms with Gasteiger partial charge in [-0.1, -0.05) is 35.4 Å². The average molecular weight is 430 g/mol. The molecule has 0 unspecified atom stereocenters. The predicted molar refractivity (Wildman–Crippen MR) is 120 cm³/mol. The van der Waals surface area contributed by atoms with E-state index < -0.39 is 10.0 Å². The van der Waals surface area contributed by atoms with Crippen LogP contribution < -0.4 is 9.62 Å². The van der Waals surface area contributed by atoms with E-state index in [1.54, 1.807) is 36.4 Å². The zero-order chi connectivity index (χ0) is 21.6. The first-order valence-electron chi connectivity index (χ1n) is 10.5. The number of anilines is 1. The number of rotatable bonds is 9. The third-order valence-corrected chi connectivity index (χ3v) is 7.18. The highest BCUT2D eigenvalue weighted by atomic mass is 32.2. The van der Waals surface area contributed by atoms with Crippen LogP contribution in [0, 0.1) is 13.8 Å². The number of amides is 1. The molecular weight excluding hydrogens is 398 g/mol. The molecule has 0 spiro atoms. The Kier molecular flexibility index (Phi) is 7.50. The standard InChI is InChI=1S/C23H31N3O3S/c1-19-6-10-21(11-7-19)26(30(28,29)22-12-8-20(2)9-13-22)18-23(27)24-14-5-17-25-15-3-4-16-25/h6-13H,3-5,14-18H2,1-2H3,(H,24,27). The van der Waals surface area contributed by atoms with Gasteiger partial charge in [0, 0.05) is 6.54 Å². The van der Waals surface area contributed by atoms with Crippen molar-refractivity contribution >= 4 is 21.6 Å². The van der Waals surface area contributed by atoms with E-state index in [1.807, 2.05) is 26.0 Å². The Bertz CT molecular complexity index is 935. The third-order valence-electron chi connectivity index (χ3n) is 5.39. The second-order valence-corrected chi connectivity index (χ2v) is 9.77. The van der Waals surface area contributed by atoms with Gasteiger partial charge in [0.1, 0.15) is 6.54 Å². The molecule has 2 aromatic carbocycles. The Balaban J connectivity index is 1.70. The number of sulfonamides is 1. The minimum Gasteiger partial charge on any atom is -0.354 e. The summed E-state index contributed by atoms with van der Waals surface area (Å²) in [6, 6.07) is 13.9. The maximum absolute atomic E-state index is 13.3. The fourth-order valence-electron chi connectivity index (χ4n) is 3.59. The first-order valence-corrected chi connectivity index (χ1v) is 12.0. The van der Waals surface area contributed by atoms with Crippen molar-refractivity contribution in [1.82, 2.24) is 10.2 Å². The van der Waals surface area contributed by atoms with E-state index in [2.05, 4.69) is 10.2 Å². The van der Waals surface area contributed by atoms with Crippen LogP contribution in [0.4, 0.5) is 5.69 Å². The molecule has 0 aromatic heterocycles. The van der Waals surface area contributed by atoms with Crippen molar-refractivity contribution in [2.45, 2.75) is 38.0 Å². The Morgan fingerprint density at radius 1 is 0.967 bits per heavy atom. The van der Waals surface area contributed by atoms with Crippen LogP contribution in [-0.2, 0) is 14.8 Å². The molecule has 2 aromatic rings. The lowest BCUT2D eigenvalue weighted by molar-refractivity contribution is -0.119. The Hall–Kier alpha value is -2.38. The Labute approximate surface area is 179 Å². The van der Waals surface area contributed by atoms with Crippen molar-refractivity contribution in [3.63, 3.8) is 0 Å². The highest BCUT2D eigenvalue weighted by molar-refractivity contribution is 7.92. The molecule has 30 heavy (non-hydrogen) atoms. The van der Waals surface area contributed by atoms with Crippen LogP contribution in [0.5, 0.6) is 0 Å². The van der Waals surface area contributed by atoms with Crippen LogP contribution in [0.15, 0.2) is 53.4 Å². The van der Waals surface area contributed by atoms with Gasteiger partial charge in [-0.05, 0) is 77.0 Å². The van der Waals surface area contributed by atoms with Crippen LogP contribution in [0.25, 0.3) is 0 Å². The van der Waals surface area contributed by atoms with Crippen molar-refractivity contribution in [2.75, 3.05) is 37.0 Å². The number of nitrogens with one attached hydrogen (secondary N) is 1. The van der Waals surface area contributed by atoms with Gasteiger partial charge in [0.15, 0.2) is 0 Å². The van der Waals surface area contributed by atoms with Crippen LogP contribution >= 0.6 is 0 Å². The smallest absolute Gasteiger partial charge is 0.264 e. The predicted octanol–water partition coefficient (Wildman–Crippen LogP) is 3.10. The van der Waals surface area contributed by atoms with Crippen molar-refractivity contribution in [3.8, 4) is 0 Å². The van der Waals surface area contributed by atoms with Crippen molar-refractivity contribution in [3.05, 3.63) is 59.7 Å². The number of hydrogen-bond donors (Lipinski definition) is 1. The van der Waals surface area contributed by atoms with E-state index in [1.165, 1.54) is 17.1 Å². The SMILES string of the molecule is Cc1ccc(N(CC(=O)NCCCN2CCCC2)S(=O)(=O)c2ccc(C)cc2)cc1. The lowest BCUT2D eigenvalue weighted by Crippen LogP contribution is -2.41. The molecule has 7 heteroatoms. The lowest BCUT2D eigenvalue weighted by atomic mass is 10.2. The molecule has 162 valence electrons. The Morgan fingerprint density at radius 2 is 1.53 bits per heavy atom. The molecule has 3 rings (SSSR count). The molecule has 1 aliphatic rings. The first kappa shape index (κ1) is 22.3. The summed E-state index contributed by atoms with van der Waals surface area (Å²) in [5.74, 6) is -0.298. The van der Waals surface area contributed by atoms with E-state index >= 15 is 0 Å². The van der Waals surface area contributed by atoms with E-state index in [-0.39, 0.29) is 17.3 Å². The van der Waals surface area contributed by atoms with Gasteiger partial charge in [0.2, 0.25) is 5.91 Å². The summed E-state index contributed by atoms with van der Waals surface area (Å²) in [4.78, 5) is 15.2. The van der Waals surface area contributed by atoms with Crippen LogP contribution in [0.3, 0.4) is 0 Å². The highest BCUT2D eigenvalue weighted by Gasteiger charge is 2.27. The molecule has 1 N–H and O–H groups in total. The van der Waals surface area contributed by atoms with Gasteiger partial charge in [0.05, 0.1) is 10.6 Å². The second-order valence-electron chi connectivity index (χ2n) is 7.91. The molecule has 1 aliphatic heterocycles. The number of benzene rings is 2. The Morgan fingerprint density at radius 3 is 2.13 bits per heavy atom. The zero-order valence-corrected chi connectivity index (χ0v) is 18.6. The summed E-state index contributed by atoms with van der Waals surface area (Å²) < 4.78 is 27.8. The number of likely N-dealkylation sites (tertiary alicyclic amines) is 1. The fourth-order valence-corrected chi connectivity index (χ4v) is 5.01. The summed E-state index contributed by atoms with van der Waals surface area (Å²) in [6.45, 7) is 7.36. The number of nitrogens with zero attached hydrogens (tertiary/aromatic N) is 2. The van der Waals surface area contributed by atoms with E-state index in [0.717, 1.165) is 37.2 Å². The summed E-state index contributed by atoms with van der Waals surface area (Å²) in [5, 5.41) is 2.88. The molecule has 1 saturated heterocycles. The normalized spacial score (nSPS) is 14.6. The molecule has 1 fully saturated rings. The van der Waals surface area contributed by atoms with Crippen molar-refractivity contribution in [2.24, 2.45) is 0 Å². The molecule has 1 amide bonds. The van der Waals surface area contributed by atoms with E-state index in [9.17, 15) is 13.2 Å². The van der Waals surface area contributed by atoms with Gasteiger partial charge in [-0.3, -0.25) is 9.10 Å². The van der Waals surface area contributed by atoms with Gasteiger partial charge in [-0.15, -0.1) is 0 Å². The van der Waals surface area contributed by atoms with Gasteiger partial charge in [-0.2, -0.15) is 0 Å². The van der Waals surface area contributed by atoms with E-state index in [4.69, 9.17) is 0 Å². The summed E-state index contributed by atoms with van der Waals surface area (Å²) >= 11 is 0. The van der Waals surface area contributed by atoms with Crippen LogP contribution in [-0.4, -0.2) is 51.9 Å². The topological polar surface area (TPSA) is 69.7 Å². The highest BCUT2D eigenvalue weighted by Crippen LogP contribution is 2.24. The van der Waals surface area contributed by atoms with Gasteiger partial charge >= 0.3 is 0 Å². The average Bonchev–Trinajstić information content (AvgIpc) is 3.24. The molecule has 0 atom stereocenters. The molecule has 0 saturated carbocycles. The summed E-state index contributed by atoms with van der Waals surface area (Å²) in [7, 11) is -3.86. The molecular formula is C23H31N3O3S. The van der Waals surface area contributed by atoms with Crippen LogP contribution in [0.1, 0.15) is 30.4 Å². The second kappa shape index (κ2) is 10.1. The monoisotopic (exact) mass is 429 g/mol. The molecule has 0 bridgehead atoms. The van der Waals surface area contributed by atoms with Crippen LogP contribution in [0.2, 0.25) is 0 Å². The molecule has 1 heterocycles. The number of aryl methyl sites for hydroxylation is 2. The number of carbonyl (C=O) groups excluding carboxylic acids is 1. The first-order chi connectivity index (χ1) is 14.4. The van der Waals surface area contributed by atoms with Crippen molar-refractivity contribution in [1.29, 1.82) is 0 Å². The quantitative estimate of drug-likeness (QED) is 0.622. The largest absolute Gasteiger partial charge is 0.354 e. The maximum Gasteiger partial charge on any atom is 0.264 e. The summed E-state index contributed by atoms with van der Waals surface area (Å²) in [5.41, 5.74) is 2.48. The summed E-state index contributed by atoms with van der Waals surface area (Å²) in [6.07, 6.45) is 3.35. The van der Waals surface area contributed by atoms with Gasteiger partial charge in [0.25, 0.3) is 10.0 Å². The molecule has 0 radical (unpaired) electrons. The number of hydrogen-bond acceptors (Lipinski definition) is 4. The fraction of sp³-hybridized carbons (Fsp3) is 0.435. The van der Waals surface area contributed by atoms with Crippen molar-refractivity contribution < 1.29 is 13.2 Å². The number of carbonyl (C=O) groups is 1. The van der Waals surface area contributed by atoms with Gasteiger partial charge < -0.3 is 10.2 Å².